The van der Waals surface area contributed by atoms with Gasteiger partial charge in [-0.1, -0.05) is 77.5 Å². The molecule has 3 aromatic carbocycles. The molecule has 0 radical (unpaired) electrons. The van der Waals surface area contributed by atoms with Crippen LogP contribution in [0.3, 0.4) is 0 Å². The van der Waals surface area contributed by atoms with Gasteiger partial charge in [0, 0.05) is 24.0 Å². The van der Waals surface area contributed by atoms with Gasteiger partial charge in [0.05, 0.1) is 5.39 Å². The van der Waals surface area contributed by atoms with E-state index in [4.69, 9.17) is 4.74 Å². The monoisotopic (exact) mass is 381 g/mol. The van der Waals surface area contributed by atoms with Crippen LogP contribution < -0.4 is 15.0 Å². The summed E-state index contributed by atoms with van der Waals surface area (Å²) >= 11 is 0. The Morgan fingerprint density at radius 2 is 1.31 bits per heavy atom. The van der Waals surface area contributed by atoms with Gasteiger partial charge in [-0.3, -0.25) is 4.79 Å². The molecular formula is C25H21N2O2+. The third-order valence-corrected chi connectivity index (χ3v) is 6.69. The van der Waals surface area contributed by atoms with Crippen LogP contribution in [0.15, 0.2) is 89.7 Å². The van der Waals surface area contributed by atoms with Gasteiger partial charge in [0.15, 0.2) is 0 Å². The smallest absolute Gasteiger partial charge is 0.402 e. The highest BCUT2D eigenvalue weighted by atomic mass is 16.5. The Morgan fingerprint density at radius 3 is 1.86 bits per heavy atom. The molecule has 0 atom stereocenters. The third kappa shape index (κ3) is 1.98. The van der Waals surface area contributed by atoms with Crippen molar-refractivity contribution in [2.45, 2.75) is 30.4 Å². The largest absolute Gasteiger partial charge is 0.418 e. The van der Waals surface area contributed by atoms with Gasteiger partial charge in [-0.05, 0) is 18.6 Å². The molecule has 1 spiro atoms. The summed E-state index contributed by atoms with van der Waals surface area (Å²) in [6, 6.07) is 28.5. The van der Waals surface area contributed by atoms with Crippen molar-refractivity contribution in [3.05, 3.63) is 106 Å². The van der Waals surface area contributed by atoms with Crippen LogP contribution in [-0.2, 0) is 11.1 Å². The molecule has 2 aliphatic rings. The van der Waals surface area contributed by atoms with Crippen LogP contribution in [0.25, 0.3) is 10.8 Å². The average Bonchev–Trinajstić information content (AvgIpc) is 3.08. The lowest BCUT2D eigenvalue weighted by Crippen LogP contribution is -2.69. The Hall–Kier alpha value is -3.40. The fourth-order valence-corrected chi connectivity index (χ4v) is 5.25. The first-order valence-electron chi connectivity index (χ1n) is 10.1. The Balaban J connectivity index is 1.74. The van der Waals surface area contributed by atoms with Crippen molar-refractivity contribution in [2.24, 2.45) is 0 Å². The quantitative estimate of drug-likeness (QED) is 0.533. The van der Waals surface area contributed by atoms with Gasteiger partial charge in [-0.2, -0.15) is 0 Å². The van der Waals surface area contributed by atoms with Crippen LogP contribution in [0, 0.1) is 0 Å². The molecule has 1 fully saturated rings. The average molecular weight is 381 g/mol. The van der Waals surface area contributed by atoms with E-state index in [1.54, 1.807) is 0 Å². The maximum Gasteiger partial charge on any atom is 0.402 e. The predicted molar refractivity (Wildman–Crippen MR) is 111 cm³/mol. The molecule has 1 N–H and O–H groups in total. The molecule has 6 rings (SSSR count). The standard InChI is InChI=1S/C25H20N2O2/c28-22-20-14-7-8-15-21(20)23-27(26-22)24(16-9-17-24)25(29-23,18-10-3-1-4-11-18)19-12-5-2-6-13-19/h1-8,10-15H,9,16-17H2/p+1. The lowest BCUT2D eigenvalue weighted by molar-refractivity contribution is -0.815. The van der Waals surface area contributed by atoms with Crippen LogP contribution in [0.1, 0.15) is 30.4 Å². The zero-order valence-corrected chi connectivity index (χ0v) is 16.0. The number of rotatable bonds is 2. The van der Waals surface area contributed by atoms with Crippen molar-refractivity contribution in [3.8, 4) is 5.88 Å². The lowest BCUT2D eigenvalue weighted by Gasteiger charge is -2.43. The highest BCUT2D eigenvalue weighted by Crippen LogP contribution is 2.58. The Bertz CT molecular complexity index is 1240. The number of hydrogen-bond acceptors (Lipinski definition) is 2. The molecule has 4 aromatic rings. The first kappa shape index (κ1) is 16.5. The number of nitrogens with one attached hydrogen (secondary N) is 1. The van der Waals surface area contributed by atoms with Crippen molar-refractivity contribution in [1.29, 1.82) is 0 Å². The van der Waals surface area contributed by atoms with E-state index in [2.05, 4.69) is 53.6 Å². The van der Waals surface area contributed by atoms with Gasteiger partial charge in [0.25, 0.3) is 0 Å². The van der Waals surface area contributed by atoms with Crippen LogP contribution in [-0.4, -0.2) is 5.10 Å². The van der Waals surface area contributed by atoms with Crippen molar-refractivity contribution >= 4 is 10.8 Å². The van der Waals surface area contributed by atoms with E-state index < -0.39 is 5.60 Å². The molecule has 29 heavy (non-hydrogen) atoms. The minimum absolute atomic E-state index is 0.0730. The van der Waals surface area contributed by atoms with E-state index in [1.807, 2.05) is 41.1 Å². The van der Waals surface area contributed by atoms with E-state index in [0.29, 0.717) is 5.39 Å². The molecule has 2 heterocycles. The fourth-order valence-electron chi connectivity index (χ4n) is 5.25. The summed E-state index contributed by atoms with van der Waals surface area (Å²) in [6.45, 7) is 0. The van der Waals surface area contributed by atoms with E-state index in [1.165, 1.54) is 0 Å². The lowest BCUT2D eigenvalue weighted by atomic mass is 9.61. The number of H-pyrrole nitrogens is 1. The molecule has 0 saturated heterocycles. The van der Waals surface area contributed by atoms with E-state index in [9.17, 15) is 4.79 Å². The Morgan fingerprint density at radius 1 is 0.759 bits per heavy atom. The molecule has 1 saturated carbocycles. The number of aromatic nitrogens is 2. The maximum atomic E-state index is 12.9. The molecule has 1 aliphatic carbocycles. The van der Waals surface area contributed by atoms with Gasteiger partial charge in [0.1, 0.15) is 5.39 Å². The number of benzene rings is 3. The topological polar surface area (TPSA) is 46.0 Å². The van der Waals surface area contributed by atoms with Crippen LogP contribution in [0.4, 0.5) is 0 Å². The van der Waals surface area contributed by atoms with E-state index in [0.717, 1.165) is 41.7 Å². The Labute approximate surface area is 168 Å². The maximum absolute atomic E-state index is 12.9. The molecule has 0 unspecified atom stereocenters. The van der Waals surface area contributed by atoms with E-state index >= 15 is 0 Å². The van der Waals surface area contributed by atoms with Crippen LogP contribution in [0.5, 0.6) is 5.88 Å². The highest BCUT2D eigenvalue weighted by molar-refractivity contribution is 5.85. The van der Waals surface area contributed by atoms with Gasteiger partial charge < -0.3 is 4.74 Å². The molecular weight excluding hydrogens is 360 g/mol. The molecule has 4 heteroatoms. The molecule has 4 nitrogen and oxygen atoms in total. The van der Waals surface area contributed by atoms with Gasteiger partial charge >= 0.3 is 11.4 Å². The number of nitrogens with zero attached hydrogens (tertiary/aromatic N) is 1. The first-order chi connectivity index (χ1) is 14.3. The minimum atomic E-state index is -0.687. The first-order valence-corrected chi connectivity index (χ1v) is 10.1. The van der Waals surface area contributed by atoms with Crippen molar-refractivity contribution in [3.63, 3.8) is 0 Å². The summed E-state index contributed by atoms with van der Waals surface area (Å²) in [5.74, 6) is 0.743. The second-order valence-corrected chi connectivity index (χ2v) is 8.03. The normalized spacial score (nSPS) is 18.2. The van der Waals surface area contributed by atoms with Crippen LogP contribution >= 0.6 is 0 Å². The SMILES string of the molecule is O=c1[nH][n+]2c(c3ccccc13)OC(c1ccccc1)(c1ccccc1)C21CCC1. The summed E-state index contributed by atoms with van der Waals surface area (Å²) in [4.78, 5) is 12.9. The number of ether oxygens (including phenoxy) is 1. The number of hydrogen-bond donors (Lipinski definition) is 1. The molecule has 0 bridgehead atoms. The predicted octanol–water partition coefficient (Wildman–Crippen LogP) is 4.03. The fraction of sp³-hybridized carbons (Fsp3) is 0.200. The Kier molecular flexibility index (Phi) is 3.31. The molecule has 0 amide bonds. The van der Waals surface area contributed by atoms with Gasteiger partial charge in [-0.15, -0.1) is 5.10 Å². The van der Waals surface area contributed by atoms with Crippen molar-refractivity contribution < 1.29 is 9.42 Å². The van der Waals surface area contributed by atoms with E-state index in [-0.39, 0.29) is 11.1 Å². The summed E-state index contributed by atoms with van der Waals surface area (Å²) in [7, 11) is 0. The minimum Gasteiger partial charge on any atom is -0.418 e. The second-order valence-electron chi connectivity index (χ2n) is 8.03. The molecule has 142 valence electrons. The van der Waals surface area contributed by atoms with Crippen molar-refractivity contribution in [2.75, 3.05) is 0 Å². The number of aromatic amines is 1. The van der Waals surface area contributed by atoms with Gasteiger partial charge in [-0.25, -0.2) is 0 Å². The highest BCUT2D eigenvalue weighted by Gasteiger charge is 2.73. The van der Waals surface area contributed by atoms with Crippen LogP contribution in [0.2, 0.25) is 0 Å². The second kappa shape index (κ2) is 5.80. The van der Waals surface area contributed by atoms with Gasteiger partial charge in [0.2, 0.25) is 11.1 Å². The molecule has 1 aromatic heterocycles. The summed E-state index contributed by atoms with van der Waals surface area (Å²) in [6.07, 6.45) is 3.00. The zero-order chi connectivity index (χ0) is 19.5. The summed E-state index contributed by atoms with van der Waals surface area (Å²) < 4.78 is 9.01. The van der Waals surface area contributed by atoms with Crippen molar-refractivity contribution in [1.82, 2.24) is 5.10 Å². The molecule has 1 aliphatic heterocycles. The summed E-state index contributed by atoms with van der Waals surface area (Å²) in [5.41, 5.74) is 1.11. The third-order valence-electron chi connectivity index (χ3n) is 6.69. The number of fused-ring (bicyclic) bond motifs is 4. The zero-order valence-electron chi connectivity index (χ0n) is 16.0. The summed E-state index contributed by atoms with van der Waals surface area (Å²) in [5, 5.41) is 4.67.